The van der Waals surface area contributed by atoms with Gasteiger partial charge >= 0.3 is 0 Å². The van der Waals surface area contributed by atoms with E-state index in [1.807, 2.05) is 24.3 Å². The van der Waals surface area contributed by atoms with Crippen LogP contribution in [0, 0.1) is 0 Å². The Morgan fingerprint density at radius 3 is 2.72 bits per heavy atom. The number of halogens is 1. The lowest BCUT2D eigenvalue weighted by Crippen LogP contribution is -2.45. The van der Waals surface area contributed by atoms with Gasteiger partial charge in [0.2, 0.25) is 5.91 Å². The van der Waals surface area contributed by atoms with Crippen LogP contribution in [-0.2, 0) is 11.3 Å². The Morgan fingerprint density at radius 2 is 2.17 bits per heavy atom. The van der Waals surface area contributed by atoms with Gasteiger partial charge in [0.25, 0.3) is 0 Å². The topological polar surface area (TPSA) is 46.3 Å². The zero-order valence-electron chi connectivity index (χ0n) is 10.2. The van der Waals surface area contributed by atoms with E-state index in [4.69, 9.17) is 17.3 Å². The van der Waals surface area contributed by atoms with Crippen LogP contribution in [0.2, 0.25) is 5.02 Å². The van der Waals surface area contributed by atoms with Gasteiger partial charge < -0.3 is 10.6 Å². The van der Waals surface area contributed by atoms with Gasteiger partial charge in [-0.3, -0.25) is 4.79 Å². The molecule has 18 heavy (non-hydrogen) atoms. The lowest BCUT2D eigenvalue weighted by molar-refractivity contribution is -0.133. The van der Waals surface area contributed by atoms with Gasteiger partial charge in [-0.15, -0.1) is 6.58 Å². The van der Waals surface area contributed by atoms with Gasteiger partial charge in [0.05, 0.1) is 5.54 Å². The van der Waals surface area contributed by atoms with Crippen LogP contribution in [0.25, 0.3) is 0 Å². The van der Waals surface area contributed by atoms with E-state index >= 15 is 0 Å². The third-order valence-electron chi connectivity index (χ3n) is 3.17. The van der Waals surface area contributed by atoms with Crippen LogP contribution in [-0.4, -0.2) is 22.9 Å². The summed E-state index contributed by atoms with van der Waals surface area (Å²) in [6.07, 6.45) is 3.24. The van der Waals surface area contributed by atoms with Crippen molar-refractivity contribution in [3.8, 4) is 0 Å². The molecule has 1 fully saturated rings. The minimum atomic E-state index is -0.649. The largest absolute Gasteiger partial charge is 0.333 e. The SMILES string of the molecule is C=CCN(Cc1ccccc1Cl)C(=O)C1(N)CC1. The maximum Gasteiger partial charge on any atom is 0.243 e. The summed E-state index contributed by atoms with van der Waals surface area (Å²) < 4.78 is 0. The van der Waals surface area contributed by atoms with E-state index in [1.54, 1.807) is 11.0 Å². The monoisotopic (exact) mass is 264 g/mol. The third kappa shape index (κ3) is 2.74. The number of amides is 1. The first-order valence-electron chi connectivity index (χ1n) is 5.99. The van der Waals surface area contributed by atoms with Crippen molar-refractivity contribution < 1.29 is 4.79 Å². The molecule has 3 nitrogen and oxygen atoms in total. The number of benzene rings is 1. The molecule has 2 N–H and O–H groups in total. The minimum Gasteiger partial charge on any atom is -0.333 e. The summed E-state index contributed by atoms with van der Waals surface area (Å²) >= 11 is 6.11. The molecule has 0 heterocycles. The second-order valence-corrected chi connectivity index (χ2v) is 5.13. The van der Waals surface area contributed by atoms with Crippen molar-refractivity contribution in [3.63, 3.8) is 0 Å². The van der Waals surface area contributed by atoms with Gasteiger partial charge in [-0.05, 0) is 24.5 Å². The van der Waals surface area contributed by atoms with E-state index in [2.05, 4.69) is 6.58 Å². The summed E-state index contributed by atoms with van der Waals surface area (Å²) in [4.78, 5) is 14.0. The van der Waals surface area contributed by atoms with Crippen molar-refractivity contribution in [1.29, 1.82) is 0 Å². The average molecular weight is 265 g/mol. The summed E-state index contributed by atoms with van der Waals surface area (Å²) in [5.74, 6) is -0.0117. The highest BCUT2D eigenvalue weighted by Gasteiger charge is 2.47. The average Bonchev–Trinajstić information content (AvgIpc) is 3.10. The predicted molar refractivity (Wildman–Crippen MR) is 73.2 cm³/mol. The molecule has 0 saturated heterocycles. The molecule has 0 aromatic heterocycles. The van der Waals surface area contributed by atoms with Crippen LogP contribution < -0.4 is 5.73 Å². The molecule has 1 aromatic carbocycles. The molecule has 1 aromatic rings. The standard InChI is InChI=1S/C14H17ClN2O/c1-2-9-17(13(18)14(16)7-8-14)10-11-5-3-4-6-12(11)15/h2-6H,1,7-10,16H2. The van der Waals surface area contributed by atoms with Gasteiger partial charge in [-0.2, -0.15) is 0 Å². The molecule has 1 aliphatic rings. The molecule has 96 valence electrons. The molecule has 0 unspecified atom stereocenters. The smallest absolute Gasteiger partial charge is 0.243 e. The quantitative estimate of drug-likeness (QED) is 0.830. The van der Waals surface area contributed by atoms with Gasteiger partial charge in [-0.25, -0.2) is 0 Å². The minimum absolute atomic E-state index is 0.0117. The maximum atomic E-state index is 12.2. The number of hydrogen-bond acceptors (Lipinski definition) is 2. The Bertz CT molecular complexity index is 469. The Labute approximate surface area is 112 Å². The predicted octanol–water partition coefficient (Wildman–Crippen LogP) is 2.35. The number of carbonyl (C=O) groups is 1. The van der Waals surface area contributed by atoms with E-state index in [0.717, 1.165) is 18.4 Å². The Kier molecular flexibility index (Phi) is 3.73. The van der Waals surface area contributed by atoms with E-state index in [9.17, 15) is 4.79 Å². The number of carbonyl (C=O) groups excluding carboxylic acids is 1. The normalized spacial score (nSPS) is 16.1. The molecule has 0 spiro atoms. The van der Waals surface area contributed by atoms with Crippen LogP contribution in [0.5, 0.6) is 0 Å². The summed E-state index contributed by atoms with van der Waals surface area (Å²) in [7, 11) is 0. The van der Waals surface area contributed by atoms with Crippen LogP contribution >= 0.6 is 11.6 Å². The highest BCUT2D eigenvalue weighted by molar-refractivity contribution is 6.31. The van der Waals surface area contributed by atoms with Gasteiger partial charge in [0, 0.05) is 18.1 Å². The highest BCUT2D eigenvalue weighted by atomic mass is 35.5. The van der Waals surface area contributed by atoms with E-state index < -0.39 is 5.54 Å². The Hall–Kier alpha value is -1.32. The molecule has 0 aliphatic heterocycles. The first-order chi connectivity index (χ1) is 8.57. The molecule has 0 atom stereocenters. The molecule has 4 heteroatoms. The van der Waals surface area contributed by atoms with Crippen LogP contribution in [0.3, 0.4) is 0 Å². The first-order valence-corrected chi connectivity index (χ1v) is 6.37. The summed E-state index contributed by atoms with van der Waals surface area (Å²) in [5, 5.41) is 0.668. The second kappa shape index (κ2) is 5.12. The molecule has 1 amide bonds. The molecule has 2 rings (SSSR count). The summed E-state index contributed by atoms with van der Waals surface area (Å²) in [6.45, 7) is 4.65. The molecule has 0 radical (unpaired) electrons. The molecule has 1 saturated carbocycles. The fraction of sp³-hybridized carbons (Fsp3) is 0.357. The maximum absolute atomic E-state index is 12.2. The number of rotatable bonds is 5. The van der Waals surface area contributed by atoms with Crippen molar-refractivity contribution in [2.45, 2.75) is 24.9 Å². The van der Waals surface area contributed by atoms with Crippen molar-refractivity contribution >= 4 is 17.5 Å². The zero-order valence-corrected chi connectivity index (χ0v) is 11.0. The molecule has 0 bridgehead atoms. The van der Waals surface area contributed by atoms with E-state index in [1.165, 1.54) is 0 Å². The van der Waals surface area contributed by atoms with Crippen LogP contribution in [0.15, 0.2) is 36.9 Å². The second-order valence-electron chi connectivity index (χ2n) is 4.72. The summed E-state index contributed by atoms with van der Waals surface area (Å²) in [5.41, 5.74) is 6.24. The van der Waals surface area contributed by atoms with E-state index in [-0.39, 0.29) is 5.91 Å². The Balaban J connectivity index is 2.14. The molecular weight excluding hydrogens is 248 g/mol. The van der Waals surface area contributed by atoms with Crippen LogP contribution in [0.4, 0.5) is 0 Å². The third-order valence-corrected chi connectivity index (χ3v) is 3.54. The van der Waals surface area contributed by atoms with Crippen molar-refractivity contribution in [1.82, 2.24) is 4.90 Å². The lowest BCUT2D eigenvalue weighted by Gasteiger charge is -2.24. The Morgan fingerprint density at radius 1 is 1.50 bits per heavy atom. The van der Waals surface area contributed by atoms with Crippen molar-refractivity contribution in [3.05, 3.63) is 47.5 Å². The number of hydrogen-bond donors (Lipinski definition) is 1. The summed E-state index contributed by atoms with van der Waals surface area (Å²) in [6, 6.07) is 7.52. The van der Waals surface area contributed by atoms with Gasteiger partial charge in [-0.1, -0.05) is 35.9 Å². The van der Waals surface area contributed by atoms with Crippen LogP contribution in [0.1, 0.15) is 18.4 Å². The number of nitrogens with two attached hydrogens (primary N) is 1. The molecular formula is C14H17ClN2O. The van der Waals surface area contributed by atoms with Crippen molar-refractivity contribution in [2.24, 2.45) is 5.73 Å². The number of nitrogens with zero attached hydrogens (tertiary/aromatic N) is 1. The lowest BCUT2D eigenvalue weighted by atomic mass is 10.1. The first kappa shape index (κ1) is 13.1. The van der Waals surface area contributed by atoms with Gasteiger partial charge in [0.15, 0.2) is 0 Å². The highest BCUT2D eigenvalue weighted by Crippen LogP contribution is 2.34. The van der Waals surface area contributed by atoms with Gasteiger partial charge in [0.1, 0.15) is 0 Å². The fourth-order valence-electron chi connectivity index (χ4n) is 1.87. The fourth-order valence-corrected chi connectivity index (χ4v) is 2.07. The van der Waals surface area contributed by atoms with E-state index in [0.29, 0.717) is 18.1 Å². The van der Waals surface area contributed by atoms with Crippen molar-refractivity contribution in [2.75, 3.05) is 6.54 Å². The zero-order chi connectivity index (χ0) is 13.2. The molecule has 1 aliphatic carbocycles.